The highest BCUT2D eigenvalue weighted by molar-refractivity contribution is 7.91. The molecule has 0 saturated heterocycles. The molecule has 8 nitrogen and oxygen atoms in total. The van der Waals surface area contributed by atoms with E-state index in [2.05, 4.69) is 20.7 Å². The van der Waals surface area contributed by atoms with E-state index in [-0.39, 0.29) is 11.5 Å². The molecule has 0 saturated carbocycles. The number of tetrazole rings is 1. The van der Waals surface area contributed by atoms with Crippen LogP contribution in [0.5, 0.6) is 0 Å². The molecule has 0 atom stereocenters. The predicted molar refractivity (Wildman–Crippen MR) is 61.8 cm³/mol. The lowest BCUT2D eigenvalue weighted by Gasteiger charge is -2.09. The molecule has 0 aliphatic rings. The van der Waals surface area contributed by atoms with E-state index >= 15 is 0 Å². The van der Waals surface area contributed by atoms with Crippen molar-refractivity contribution in [2.45, 2.75) is 10.7 Å². The third-order valence-corrected chi connectivity index (χ3v) is 3.66. The maximum atomic E-state index is 12.5. The van der Waals surface area contributed by atoms with Gasteiger partial charge in [-0.05, 0) is 17.3 Å². The lowest BCUT2D eigenvalue weighted by atomic mass is 10.3. The molecule has 1 heterocycles. The molecule has 0 aliphatic heterocycles. The number of para-hydroxylation sites is 1. The molecule has 0 fully saturated rings. The standard InChI is InChI=1S/C9H7F2N5O3S/c10-9(11)20(18,19)6-4-2-1-3-5(6)12-8(17)7-13-15-16-14-7/h1-4,9H,(H,12,17)(H,13,14,15,16). The molecule has 2 aromatic rings. The number of halogens is 2. The molecule has 11 heteroatoms. The van der Waals surface area contributed by atoms with Crippen LogP contribution >= 0.6 is 0 Å². The number of aromatic nitrogens is 4. The number of rotatable bonds is 4. The molecule has 106 valence electrons. The lowest BCUT2D eigenvalue weighted by Crippen LogP contribution is -2.18. The van der Waals surface area contributed by atoms with Crippen LogP contribution in [0.25, 0.3) is 0 Å². The number of sulfone groups is 1. The number of carbonyl (C=O) groups is 1. The first-order valence-corrected chi connectivity index (χ1v) is 6.63. The number of H-pyrrole nitrogens is 1. The Labute approximate surface area is 111 Å². The quantitative estimate of drug-likeness (QED) is 0.846. The fourth-order valence-corrected chi connectivity index (χ4v) is 2.24. The minimum absolute atomic E-state index is 0.289. The van der Waals surface area contributed by atoms with Crippen LogP contribution in [0, 0.1) is 0 Å². The Hall–Kier alpha value is -2.43. The molecular weight excluding hydrogens is 296 g/mol. The van der Waals surface area contributed by atoms with Gasteiger partial charge in [0.2, 0.25) is 9.84 Å². The summed E-state index contributed by atoms with van der Waals surface area (Å²) in [6, 6.07) is 4.79. The Morgan fingerprint density at radius 3 is 2.60 bits per heavy atom. The van der Waals surface area contributed by atoms with Gasteiger partial charge in [0, 0.05) is 0 Å². The van der Waals surface area contributed by atoms with E-state index in [0.29, 0.717) is 0 Å². The van der Waals surface area contributed by atoms with E-state index in [1.807, 2.05) is 5.21 Å². The van der Waals surface area contributed by atoms with Crippen LogP contribution in [0.4, 0.5) is 14.5 Å². The van der Waals surface area contributed by atoms with Crippen LogP contribution in [0.2, 0.25) is 0 Å². The largest absolute Gasteiger partial charge is 0.341 e. The number of aromatic amines is 1. The average Bonchev–Trinajstić information content (AvgIpc) is 2.93. The van der Waals surface area contributed by atoms with E-state index in [9.17, 15) is 22.0 Å². The van der Waals surface area contributed by atoms with Crippen LogP contribution < -0.4 is 5.32 Å². The molecule has 1 aromatic carbocycles. The van der Waals surface area contributed by atoms with Crippen LogP contribution in [0.3, 0.4) is 0 Å². The van der Waals surface area contributed by atoms with E-state index in [1.54, 1.807) is 0 Å². The topological polar surface area (TPSA) is 118 Å². The first kappa shape index (κ1) is 14.0. The number of hydrogen-bond acceptors (Lipinski definition) is 6. The summed E-state index contributed by atoms with van der Waals surface area (Å²) in [5.74, 6) is -4.82. The predicted octanol–water partition coefficient (Wildman–Crippen LogP) is 0.448. The van der Waals surface area contributed by atoms with Gasteiger partial charge in [-0.15, -0.1) is 10.2 Å². The smallest absolute Gasteiger partial charge is 0.318 e. The van der Waals surface area contributed by atoms with Crippen molar-refractivity contribution in [3.63, 3.8) is 0 Å². The monoisotopic (exact) mass is 303 g/mol. The van der Waals surface area contributed by atoms with Gasteiger partial charge in [-0.2, -0.15) is 14.0 Å². The summed E-state index contributed by atoms with van der Waals surface area (Å²) in [5.41, 5.74) is -0.289. The number of benzene rings is 1. The summed E-state index contributed by atoms with van der Waals surface area (Å²) >= 11 is 0. The van der Waals surface area contributed by atoms with Gasteiger partial charge in [0.25, 0.3) is 11.7 Å². The lowest BCUT2D eigenvalue weighted by molar-refractivity contribution is 0.101. The van der Waals surface area contributed by atoms with Crippen LogP contribution in [0.1, 0.15) is 10.6 Å². The van der Waals surface area contributed by atoms with Crippen molar-refractivity contribution < 1.29 is 22.0 Å². The van der Waals surface area contributed by atoms with Crippen molar-refractivity contribution in [2.24, 2.45) is 0 Å². The molecule has 2 N–H and O–H groups in total. The van der Waals surface area contributed by atoms with Crippen molar-refractivity contribution in [3.8, 4) is 0 Å². The molecule has 0 unspecified atom stereocenters. The highest BCUT2D eigenvalue weighted by Crippen LogP contribution is 2.26. The van der Waals surface area contributed by atoms with Crippen LogP contribution in [0.15, 0.2) is 29.2 Å². The number of amides is 1. The Balaban J connectivity index is 2.37. The van der Waals surface area contributed by atoms with Gasteiger partial charge in [0.15, 0.2) is 0 Å². The maximum Gasteiger partial charge on any atom is 0.341 e. The zero-order valence-corrected chi connectivity index (χ0v) is 10.4. The number of hydrogen-bond donors (Lipinski definition) is 2. The number of anilines is 1. The minimum atomic E-state index is -4.83. The third kappa shape index (κ3) is 2.61. The van der Waals surface area contributed by atoms with E-state index in [4.69, 9.17) is 0 Å². The molecule has 20 heavy (non-hydrogen) atoms. The molecule has 2 rings (SSSR count). The molecule has 0 bridgehead atoms. The average molecular weight is 303 g/mol. The van der Waals surface area contributed by atoms with Gasteiger partial charge in [-0.1, -0.05) is 12.1 Å². The molecule has 0 aliphatic carbocycles. The van der Waals surface area contributed by atoms with Crippen molar-refractivity contribution in [1.29, 1.82) is 0 Å². The number of nitrogens with zero attached hydrogens (tertiary/aromatic N) is 3. The number of carbonyl (C=O) groups excluding carboxylic acids is 1. The highest BCUT2D eigenvalue weighted by Gasteiger charge is 2.29. The van der Waals surface area contributed by atoms with Gasteiger partial charge >= 0.3 is 5.76 Å². The fraction of sp³-hybridized carbons (Fsp3) is 0.111. The highest BCUT2D eigenvalue weighted by atomic mass is 32.2. The summed E-state index contributed by atoms with van der Waals surface area (Å²) in [6.07, 6.45) is 0. The summed E-state index contributed by atoms with van der Waals surface area (Å²) in [7, 11) is -4.83. The molecule has 1 aromatic heterocycles. The minimum Gasteiger partial charge on any atom is -0.318 e. The SMILES string of the molecule is O=C(Nc1ccccc1S(=O)(=O)C(F)F)c1nn[nH]n1. The maximum absolute atomic E-state index is 12.5. The van der Waals surface area contributed by atoms with Crippen molar-refractivity contribution in [3.05, 3.63) is 30.1 Å². The normalized spacial score (nSPS) is 11.6. The second kappa shape index (κ2) is 5.28. The zero-order chi connectivity index (χ0) is 14.8. The molecular formula is C9H7F2N5O3S. The summed E-state index contributed by atoms with van der Waals surface area (Å²) in [4.78, 5) is 11.0. The Morgan fingerprint density at radius 2 is 2.00 bits per heavy atom. The third-order valence-electron chi connectivity index (χ3n) is 2.22. The van der Waals surface area contributed by atoms with Gasteiger partial charge in [-0.3, -0.25) is 4.79 Å². The van der Waals surface area contributed by atoms with Gasteiger partial charge in [-0.25, -0.2) is 8.42 Å². The van der Waals surface area contributed by atoms with Crippen molar-refractivity contribution in [2.75, 3.05) is 5.32 Å². The van der Waals surface area contributed by atoms with Gasteiger partial charge in [0.05, 0.1) is 10.6 Å². The van der Waals surface area contributed by atoms with Crippen molar-refractivity contribution in [1.82, 2.24) is 20.6 Å². The van der Waals surface area contributed by atoms with Crippen molar-refractivity contribution >= 4 is 21.4 Å². The second-order valence-corrected chi connectivity index (χ2v) is 5.38. The van der Waals surface area contributed by atoms with E-state index < -0.39 is 26.4 Å². The number of alkyl halides is 2. The zero-order valence-electron chi connectivity index (χ0n) is 9.62. The Bertz CT molecular complexity index is 717. The molecule has 0 radical (unpaired) electrons. The first-order chi connectivity index (χ1) is 9.43. The summed E-state index contributed by atoms with van der Waals surface area (Å²) < 4.78 is 48.0. The van der Waals surface area contributed by atoms with Crippen LogP contribution in [-0.2, 0) is 9.84 Å². The van der Waals surface area contributed by atoms with Crippen LogP contribution in [-0.4, -0.2) is 40.7 Å². The van der Waals surface area contributed by atoms with Gasteiger partial charge in [0.1, 0.15) is 0 Å². The van der Waals surface area contributed by atoms with E-state index in [1.165, 1.54) is 18.2 Å². The molecule has 0 spiro atoms. The second-order valence-electron chi connectivity index (χ2n) is 3.49. The van der Waals surface area contributed by atoms with E-state index in [0.717, 1.165) is 6.07 Å². The fourth-order valence-electron chi connectivity index (χ4n) is 1.35. The summed E-state index contributed by atoms with van der Waals surface area (Å²) in [5, 5.41) is 14.1. The first-order valence-electron chi connectivity index (χ1n) is 5.09. The Kier molecular flexibility index (Phi) is 3.70. The molecule has 1 amide bonds. The van der Waals surface area contributed by atoms with Gasteiger partial charge < -0.3 is 5.32 Å². The summed E-state index contributed by atoms with van der Waals surface area (Å²) in [6.45, 7) is 0. The Morgan fingerprint density at radius 1 is 1.30 bits per heavy atom. The number of nitrogens with one attached hydrogen (secondary N) is 2.